The molecule has 1 fully saturated rings. The smallest absolute Gasteiger partial charge is 0.225 e. The number of aliphatic hydroxyl groups excluding tert-OH is 1. The van der Waals surface area contributed by atoms with Crippen molar-refractivity contribution >= 4 is 11.8 Å². The number of hydrogen-bond acceptors (Lipinski definition) is 3. The summed E-state index contributed by atoms with van der Waals surface area (Å²) in [6, 6.07) is 0.143. The van der Waals surface area contributed by atoms with Crippen molar-refractivity contribution in [2.24, 2.45) is 11.3 Å². The Bertz CT molecular complexity index is 326. The highest BCUT2D eigenvalue weighted by atomic mass is 16.3. The van der Waals surface area contributed by atoms with E-state index in [1.54, 1.807) is 4.90 Å². The van der Waals surface area contributed by atoms with Gasteiger partial charge in [-0.3, -0.25) is 9.59 Å². The second kappa shape index (κ2) is 5.69. The quantitative estimate of drug-likeness (QED) is 0.747. The Morgan fingerprint density at radius 3 is 2.61 bits per heavy atom. The molecule has 104 valence electrons. The van der Waals surface area contributed by atoms with Gasteiger partial charge < -0.3 is 15.3 Å². The summed E-state index contributed by atoms with van der Waals surface area (Å²) in [7, 11) is 0. The number of nitrogens with zero attached hydrogens (tertiary/aromatic N) is 1. The predicted octanol–water partition coefficient (Wildman–Crippen LogP) is 0.378. The van der Waals surface area contributed by atoms with Gasteiger partial charge in [-0.05, 0) is 13.8 Å². The number of aliphatic hydroxyl groups is 1. The standard InChI is InChI=1S/C13H24N2O3/c1-9(2)15-6-10(5-11(15)17)12(18)14-7-13(3,4)8-16/h9-10,16H,5-8H2,1-4H3,(H,14,18). The van der Waals surface area contributed by atoms with Gasteiger partial charge in [-0.1, -0.05) is 13.8 Å². The van der Waals surface area contributed by atoms with Gasteiger partial charge in [-0.25, -0.2) is 0 Å². The molecule has 2 amide bonds. The normalized spacial score (nSPS) is 20.7. The maximum Gasteiger partial charge on any atom is 0.225 e. The van der Waals surface area contributed by atoms with Crippen LogP contribution in [0.3, 0.4) is 0 Å². The van der Waals surface area contributed by atoms with Crippen molar-refractivity contribution in [3.8, 4) is 0 Å². The van der Waals surface area contributed by atoms with Gasteiger partial charge >= 0.3 is 0 Å². The Labute approximate surface area is 109 Å². The van der Waals surface area contributed by atoms with E-state index in [0.717, 1.165) is 0 Å². The summed E-state index contributed by atoms with van der Waals surface area (Å²) in [6.45, 7) is 8.62. The number of amides is 2. The van der Waals surface area contributed by atoms with Gasteiger partial charge in [-0.15, -0.1) is 0 Å². The van der Waals surface area contributed by atoms with E-state index < -0.39 is 0 Å². The minimum atomic E-state index is -0.323. The van der Waals surface area contributed by atoms with Crippen molar-refractivity contribution in [1.29, 1.82) is 0 Å². The lowest BCUT2D eigenvalue weighted by Gasteiger charge is -2.23. The van der Waals surface area contributed by atoms with Crippen LogP contribution in [0, 0.1) is 11.3 Å². The largest absolute Gasteiger partial charge is 0.396 e. The molecule has 2 N–H and O–H groups in total. The van der Waals surface area contributed by atoms with Crippen LogP contribution in [0.2, 0.25) is 0 Å². The Kier molecular flexibility index (Phi) is 4.73. The van der Waals surface area contributed by atoms with Gasteiger partial charge in [0.25, 0.3) is 0 Å². The molecule has 0 bridgehead atoms. The molecule has 1 aliphatic rings. The molecule has 0 spiro atoms. The highest BCUT2D eigenvalue weighted by molar-refractivity contribution is 5.89. The monoisotopic (exact) mass is 256 g/mol. The second-order valence-corrected chi connectivity index (χ2v) is 6.08. The minimum absolute atomic E-state index is 0.0228. The fourth-order valence-electron chi connectivity index (χ4n) is 1.93. The second-order valence-electron chi connectivity index (χ2n) is 6.08. The molecule has 1 saturated heterocycles. The molecule has 18 heavy (non-hydrogen) atoms. The first-order valence-corrected chi connectivity index (χ1v) is 6.45. The topological polar surface area (TPSA) is 69.6 Å². The minimum Gasteiger partial charge on any atom is -0.396 e. The van der Waals surface area contributed by atoms with Crippen molar-refractivity contribution in [2.45, 2.75) is 40.2 Å². The summed E-state index contributed by atoms with van der Waals surface area (Å²) < 4.78 is 0. The van der Waals surface area contributed by atoms with Gasteiger partial charge in [-0.2, -0.15) is 0 Å². The van der Waals surface area contributed by atoms with Gasteiger partial charge in [0.2, 0.25) is 11.8 Å². The summed E-state index contributed by atoms with van der Waals surface area (Å²) in [5, 5.41) is 11.9. The maximum atomic E-state index is 11.9. The molecular formula is C13H24N2O3. The lowest BCUT2D eigenvalue weighted by Crippen LogP contribution is -2.40. The van der Waals surface area contributed by atoms with Crippen LogP contribution in [0.25, 0.3) is 0 Å². The highest BCUT2D eigenvalue weighted by Gasteiger charge is 2.35. The fourth-order valence-corrected chi connectivity index (χ4v) is 1.93. The van der Waals surface area contributed by atoms with Crippen LogP contribution in [0.15, 0.2) is 0 Å². The Morgan fingerprint density at radius 2 is 2.17 bits per heavy atom. The van der Waals surface area contributed by atoms with Crippen molar-refractivity contribution in [1.82, 2.24) is 10.2 Å². The molecule has 1 atom stereocenters. The van der Waals surface area contributed by atoms with Crippen LogP contribution in [0.4, 0.5) is 0 Å². The van der Waals surface area contributed by atoms with Gasteiger partial charge in [0.05, 0.1) is 5.92 Å². The summed E-state index contributed by atoms with van der Waals surface area (Å²) in [5.41, 5.74) is -0.323. The first-order valence-electron chi connectivity index (χ1n) is 6.45. The molecule has 0 aliphatic carbocycles. The van der Waals surface area contributed by atoms with E-state index in [9.17, 15) is 9.59 Å². The number of carbonyl (C=O) groups is 2. The molecule has 5 heteroatoms. The van der Waals surface area contributed by atoms with E-state index in [1.165, 1.54) is 0 Å². The van der Waals surface area contributed by atoms with Crippen LogP contribution in [0.1, 0.15) is 34.1 Å². The molecule has 1 rings (SSSR count). The van der Waals surface area contributed by atoms with Gasteiger partial charge in [0.15, 0.2) is 0 Å². The van der Waals surface area contributed by atoms with E-state index >= 15 is 0 Å². The van der Waals surface area contributed by atoms with Crippen LogP contribution in [-0.4, -0.2) is 47.6 Å². The van der Waals surface area contributed by atoms with Crippen LogP contribution >= 0.6 is 0 Å². The number of likely N-dealkylation sites (tertiary alicyclic amines) is 1. The van der Waals surface area contributed by atoms with E-state index in [2.05, 4.69) is 5.32 Å². The summed E-state index contributed by atoms with van der Waals surface area (Å²) in [6.07, 6.45) is 0.295. The molecule has 0 aromatic rings. The molecule has 0 saturated carbocycles. The van der Waals surface area contributed by atoms with E-state index in [-0.39, 0.29) is 35.8 Å². The van der Waals surface area contributed by atoms with Crippen LogP contribution in [0.5, 0.6) is 0 Å². The molecule has 0 aromatic heterocycles. The summed E-state index contributed by atoms with van der Waals surface area (Å²) in [5.74, 6) is -0.297. The van der Waals surface area contributed by atoms with Crippen LogP contribution < -0.4 is 5.32 Å². The van der Waals surface area contributed by atoms with E-state index in [4.69, 9.17) is 5.11 Å². The third kappa shape index (κ3) is 3.70. The first kappa shape index (κ1) is 15.0. The third-order valence-corrected chi connectivity index (χ3v) is 3.32. The number of hydrogen-bond donors (Lipinski definition) is 2. The molecule has 1 unspecified atom stereocenters. The number of carbonyl (C=O) groups excluding carboxylic acids is 2. The number of rotatable bonds is 5. The third-order valence-electron chi connectivity index (χ3n) is 3.32. The number of nitrogens with one attached hydrogen (secondary N) is 1. The van der Waals surface area contributed by atoms with Gasteiger partial charge in [0.1, 0.15) is 0 Å². The Balaban J connectivity index is 2.48. The Hall–Kier alpha value is -1.10. The zero-order valence-electron chi connectivity index (χ0n) is 11.7. The van der Waals surface area contributed by atoms with Gasteiger partial charge in [0, 0.05) is 37.6 Å². The van der Waals surface area contributed by atoms with Crippen LogP contribution in [-0.2, 0) is 9.59 Å². The van der Waals surface area contributed by atoms with E-state index in [1.807, 2.05) is 27.7 Å². The van der Waals surface area contributed by atoms with Crippen molar-refractivity contribution in [3.05, 3.63) is 0 Å². The molecule has 0 radical (unpaired) electrons. The average molecular weight is 256 g/mol. The Morgan fingerprint density at radius 1 is 1.56 bits per heavy atom. The lowest BCUT2D eigenvalue weighted by molar-refractivity contribution is -0.130. The summed E-state index contributed by atoms with van der Waals surface area (Å²) >= 11 is 0. The van der Waals surface area contributed by atoms with E-state index in [0.29, 0.717) is 19.5 Å². The zero-order chi connectivity index (χ0) is 13.9. The summed E-state index contributed by atoms with van der Waals surface area (Å²) in [4.78, 5) is 25.4. The molecule has 1 heterocycles. The molecular weight excluding hydrogens is 232 g/mol. The fraction of sp³-hybridized carbons (Fsp3) is 0.846. The molecule has 0 aromatic carbocycles. The lowest BCUT2D eigenvalue weighted by atomic mass is 9.94. The molecule has 5 nitrogen and oxygen atoms in total. The van der Waals surface area contributed by atoms with Crippen molar-refractivity contribution in [3.63, 3.8) is 0 Å². The molecule has 1 aliphatic heterocycles. The SMILES string of the molecule is CC(C)N1CC(C(=O)NCC(C)(C)CO)CC1=O. The average Bonchev–Trinajstić information content (AvgIpc) is 2.68. The first-order chi connectivity index (χ1) is 8.26. The predicted molar refractivity (Wildman–Crippen MR) is 68.8 cm³/mol. The zero-order valence-corrected chi connectivity index (χ0v) is 11.7. The maximum absolute atomic E-state index is 11.9. The van der Waals surface area contributed by atoms with Crippen molar-refractivity contribution < 1.29 is 14.7 Å². The highest BCUT2D eigenvalue weighted by Crippen LogP contribution is 2.20. The van der Waals surface area contributed by atoms with Crippen molar-refractivity contribution in [2.75, 3.05) is 19.7 Å².